The molecule has 1 saturated heterocycles. The van der Waals surface area contributed by atoms with Gasteiger partial charge in [-0.25, -0.2) is 0 Å². The van der Waals surface area contributed by atoms with Gasteiger partial charge in [-0.2, -0.15) is 0 Å². The van der Waals surface area contributed by atoms with Crippen LogP contribution in [0.5, 0.6) is 0 Å². The number of hydrogen-bond acceptors (Lipinski definition) is 4. The van der Waals surface area contributed by atoms with Crippen molar-refractivity contribution < 1.29 is 19.1 Å². The minimum atomic E-state index is -0.378. The summed E-state index contributed by atoms with van der Waals surface area (Å²) in [6, 6.07) is 13.4. The van der Waals surface area contributed by atoms with Gasteiger partial charge < -0.3 is 14.5 Å². The third-order valence-corrected chi connectivity index (χ3v) is 8.17. The highest BCUT2D eigenvalue weighted by Gasteiger charge is 2.38. The van der Waals surface area contributed by atoms with Crippen molar-refractivity contribution >= 4 is 41.0 Å². The predicted molar refractivity (Wildman–Crippen MR) is 149 cm³/mol. The van der Waals surface area contributed by atoms with Crippen LogP contribution in [0.4, 0.5) is 0 Å². The molecule has 0 N–H and O–H groups in total. The topological polar surface area (TPSA) is 66.9 Å². The second kappa shape index (κ2) is 12.5. The SMILES string of the molecule is CCOC(=O)C1CCN(C(=O)CN2CC(c3ccccc3Cl)c3cc(Cl)ccc3C(CC(C)C)C2=O)CC1. The molecule has 2 atom stereocenters. The molecule has 0 saturated carbocycles. The van der Waals surface area contributed by atoms with Crippen molar-refractivity contribution in [1.82, 2.24) is 9.80 Å². The van der Waals surface area contributed by atoms with E-state index in [2.05, 4.69) is 13.8 Å². The largest absolute Gasteiger partial charge is 0.466 e. The lowest BCUT2D eigenvalue weighted by Gasteiger charge is -2.34. The molecule has 0 spiro atoms. The highest BCUT2D eigenvalue weighted by molar-refractivity contribution is 6.31. The maximum Gasteiger partial charge on any atom is 0.309 e. The molecule has 2 amide bonds. The third-order valence-electron chi connectivity index (χ3n) is 7.59. The highest BCUT2D eigenvalue weighted by atomic mass is 35.5. The van der Waals surface area contributed by atoms with Gasteiger partial charge in [-0.1, -0.05) is 61.3 Å². The molecule has 8 heteroatoms. The van der Waals surface area contributed by atoms with Crippen molar-refractivity contribution in [3.63, 3.8) is 0 Å². The molecule has 4 rings (SSSR count). The molecule has 0 radical (unpaired) electrons. The normalized spacial score (nSPS) is 20.3. The minimum absolute atomic E-state index is 0.0137. The fourth-order valence-electron chi connectivity index (χ4n) is 5.68. The zero-order valence-electron chi connectivity index (χ0n) is 22.3. The summed E-state index contributed by atoms with van der Waals surface area (Å²) in [7, 11) is 0. The number of fused-ring (bicyclic) bond motifs is 1. The van der Waals surface area contributed by atoms with E-state index in [1.54, 1.807) is 16.7 Å². The Morgan fingerprint density at radius 2 is 1.74 bits per heavy atom. The summed E-state index contributed by atoms with van der Waals surface area (Å²) in [5.41, 5.74) is 2.83. The van der Waals surface area contributed by atoms with E-state index < -0.39 is 0 Å². The van der Waals surface area contributed by atoms with Gasteiger partial charge in [0.15, 0.2) is 0 Å². The van der Waals surface area contributed by atoms with Crippen molar-refractivity contribution in [2.75, 3.05) is 32.8 Å². The van der Waals surface area contributed by atoms with Crippen LogP contribution in [0, 0.1) is 11.8 Å². The average Bonchev–Trinajstić information content (AvgIpc) is 2.99. The zero-order valence-corrected chi connectivity index (χ0v) is 23.8. The van der Waals surface area contributed by atoms with Gasteiger partial charge >= 0.3 is 5.97 Å². The molecule has 0 aliphatic carbocycles. The van der Waals surface area contributed by atoms with Crippen LogP contribution >= 0.6 is 23.2 Å². The Morgan fingerprint density at radius 1 is 1.03 bits per heavy atom. The number of piperidine rings is 1. The number of carbonyl (C=O) groups is 3. The minimum Gasteiger partial charge on any atom is -0.466 e. The van der Waals surface area contributed by atoms with E-state index in [1.165, 1.54) is 0 Å². The van der Waals surface area contributed by atoms with Gasteiger partial charge in [0.25, 0.3) is 0 Å². The summed E-state index contributed by atoms with van der Waals surface area (Å²) in [6.07, 6.45) is 1.81. The van der Waals surface area contributed by atoms with Crippen LogP contribution in [-0.2, 0) is 19.1 Å². The lowest BCUT2D eigenvalue weighted by Crippen LogP contribution is -2.48. The smallest absolute Gasteiger partial charge is 0.309 e. The van der Waals surface area contributed by atoms with Crippen LogP contribution < -0.4 is 0 Å². The van der Waals surface area contributed by atoms with Gasteiger partial charge in [0.2, 0.25) is 11.8 Å². The first-order valence-corrected chi connectivity index (χ1v) is 14.2. The van der Waals surface area contributed by atoms with Crippen LogP contribution in [0.1, 0.15) is 68.6 Å². The number of halogens is 2. The quantitative estimate of drug-likeness (QED) is 0.397. The van der Waals surface area contributed by atoms with Crippen LogP contribution in [-0.4, -0.2) is 60.4 Å². The maximum atomic E-state index is 14.1. The highest BCUT2D eigenvalue weighted by Crippen LogP contribution is 2.42. The van der Waals surface area contributed by atoms with E-state index in [-0.39, 0.29) is 48.0 Å². The monoisotopic (exact) mass is 558 g/mol. The first kappa shape index (κ1) is 28.4. The Hall–Kier alpha value is -2.57. The van der Waals surface area contributed by atoms with Crippen LogP contribution in [0.3, 0.4) is 0 Å². The van der Waals surface area contributed by atoms with E-state index in [0.29, 0.717) is 55.5 Å². The van der Waals surface area contributed by atoms with Gasteiger partial charge in [0.1, 0.15) is 0 Å². The molecule has 38 heavy (non-hydrogen) atoms. The average molecular weight is 560 g/mol. The van der Waals surface area contributed by atoms with Gasteiger partial charge in [-0.15, -0.1) is 0 Å². The molecule has 2 aromatic carbocycles. The Balaban J connectivity index is 1.63. The number of esters is 1. The van der Waals surface area contributed by atoms with Crippen LogP contribution in [0.15, 0.2) is 42.5 Å². The molecule has 2 aliphatic rings. The second-order valence-electron chi connectivity index (χ2n) is 10.7. The zero-order chi connectivity index (χ0) is 27.4. The van der Waals surface area contributed by atoms with Gasteiger partial charge in [-0.05, 0) is 67.0 Å². The molecule has 2 aliphatic heterocycles. The molecule has 0 bridgehead atoms. The van der Waals surface area contributed by atoms with Gasteiger partial charge in [0, 0.05) is 35.6 Å². The van der Waals surface area contributed by atoms with Crippen molar-refractivity contribution in [2.24, 2.45) is 11.8 Å². The van der Waals surface area contributed by atoms with Gasteiger partial charge in [-0.3, -0.25) is 14.4 Å². The van der Waals surface area contributed by atoms with E-state index >= 15 is 0 Å². The summed E-state index contributed by atoms with van der Waals surface area (Å²) in [5.74, 6) is -0.852. The molecule has 6 nitrogen and oxygen atoms in total. The Kier molecular flexibility index (Phi) is 9.37. The number of carbonyl (C=O) groups excluding carboxylic acids is 3. The third kappa shape index (κ3) is 6.35. The fourth-order valence-corrected chi connectivity index (χ4v) is 6.13. The number of ether oxygens (including phenoxy) is 1. The van der Waals surface area contributed by atoms with Crippen LogP contribution in [0.25, 0.3) is 0 Å². The molecule has 1 fully saturated rings. The fraction of sp³-hybridized carbons (Fsp3) is 0.500. The van der Waals surface area contributed by atoms with Crippen molar-refractivity contribution in [3.05, 3.63) is 69.2 Å². The van der Waals surface area contributed by atoms with E-state index in [9.17, 15) is 14.4 Å². The van der Waals surface area contributed by atoms with Gasteiger partial charge in [0.05, 0.1) is 25.0 Å². The predicted octanol–water partition coefficient (Wildman–Crippen LogP) is 5.90. The number of hydrogen-bond donors (Lipinski definition) is 0. The van der Waals surface area contributed by atoms with Crippen molar-refractivity contribution in [2.45, 2.75) is 51.9 Å². The van der Waals surface area contributed by atoms with Crippen LogP contribution in [0.2, 0.25) is 10.0 Å². The number of amides is 2. The maximum absolute atomic E-state index is 14.1. The van der Waals surface area contributed by atoms with E-state index in [0.717, 1.165) is 16.7 Å². The van der Waals surface area contributed by atoms with E-state index in [1.807, 2.05) is 42.5 Å². The number of likely N-dealkylation sites (tertiary alicyclic amines) is 1. The molecule has 204 valence electrons. The lowest BCUT2D eigenvalue weighted by atomic mass is 9.82. The summed E-state index contributed by atoms with van der Waals surface area (Å²) in [4.78, 5) is 43.1. The first-order valence-electron chi connectivity index (χ1n) is 13.5. The molecular formula is C30H36Cl2N2O4. The lowest BCUT2D eigenvalue weighted by molar-refractivity contribution is -0.151. The van der Waals surface area contributed by atoms with Crippen molar-refractivity contribution in [1.29, 1.82) is 0 Å². The molecular weight excluding hydrogens is 523 g/mol. The number of nitrogens with zero attached hydrogens (tertiary/aromatic N) is 2. The summed E-state index contributed by atoms with van der Waals surface area (Å²) < 4.78 is 5.16. The number of rotatable bonds is 7. The Morgan fingerprint density at radius 3 is 2.39 bits per heavy atom. The summed E-state index contributed by atoms with van der Waals surface area (Å²) in [6.45, 7) is 7.62. The molecule has 2 aromatic rings. The van der Waals surface area contributed by atoms with Crippen molar-refractivity contribution in [3.8, 4) is 0 Å². The molecule has 0 aromatic heterocycles. The second-order valence-corrected chi connectivity index (χ2v) is 11.5. The Labute approximate surface area is 235 Å². The molecule has 2 heterocycles. The Bertz CT molecular complexity index is 1180. The van der Waals surface area contributed by atoms with E-state index in [4.69, 9.17) is 27.9 Å². The number of benzene rings is 2. The summed E-state index contributed by atoms with van der Waals surface area (Å²) >= 11 is 13.1. The standard InChI is InChI=1S/C30H36Cl2N2O4/c1-4-38-30(37)20-11-13-33(14-12-20)28(35)18-34-17-26(23-7-5-6-8-27(23)32)24-16-21(31)9-10-22(24)25(29(34)36)15-19(2)3/h5-10,16,19-20,25-26H,4,11-15,17-18H2,1-3H3. The molecule has 2 unspecified atom stereocenters. The summed E-state index contributed by atoms with van der Waals surface area (Å²) in [5, 5.41) is 1.22. The first-order chi connectivity index (χ1) is 18.2.